The van der Waals surface area contributed by atoms with Gasteiger partial charge >= 0.3 is 0 Å². The summed E-state index contributed by atoms with van der Waals surface area (Å²) in [5, 5.41) is 3.47. The lowest BCUT2D eigenvalue weighted by Crippen LogP contribution is -2.40. The van der Waals surface area contributed by atoms with Crippen LogP contribution in [0.25, 0.3) is 0 Å². The van der Waals surface area contributed by atoms with E-state index in [0.29, 0.717) is 25.7 Å². The molecule has 1 aliphatic rings. The van der Waals surface area contributed by atoms with Crippen molar-refractivity contribution in [2.75, 3.05) is 47.1 Å². The molecule has 0 bridgehead atoms. The maximum absolute atomic E-state index is 5.69. The maximum Gasteiger partial charge on any atom is 0.194 e. The summed E-state index contributed by atoms with van der Waals surface area (Å²) in [5.74, 6) is 2.47. The van der Waals surface area contributed by atoms with Gasteiger partial charge in [-0.1, -0.05) is 30.3 Å². The normalized spacial score (nSPS) is 16.7. The molecule has 3 rings (SSSR count). The van der Waals surface area contributed by atoms with Gasteiger partial charge in [0.15, 0.2) is 5.96 Å². The monoisotopic (exact) mass is 513 g/mol. The van der Waals surface area contributed by atoms with Crippen LogP contribution < -0.4 is 5.32 Å². The summed E-state index contributed by atoms with van der Waals surface area (Å²) in [7, 11) is 3.53. The van der Waals surface area contributed by atoms with Crippen LogP contribution in [0.2, 0.25) is 0 Å². The molecule has 1 aliphatic heterocycles. The first-order chi connectivity index (χ1) is 13.8. The Morgan fingerprint density at radius 3 is 2.86 bits per heavy atom. The molecule has 0 amide bonds. The standard InChI is InChI=1S/C21H31N5O2.HI/c1-22-21(26-10-8-19(16-26)17-28-13-12-27-2)24-14-20-23-9-11-25(20)15-18-6-4-3-5-7-18;/h3-7,9,11,19H,8,10,12-17H2,1-2H3,(H,22,24);1H. The average molecular weight is 513 g/mol. The number of ether oxygens (including phenoxy) is 2. The van der Waals surface area contributed by atoms with Crippen LogP contribution in [-0.2, 0) is 22.6 Å². The molecular weight excluding hydrogens is 481 g/mol. The molecule has 29 heavy (non-hydrogen) atoms. The van der Waals surface area contributed by atoms with Crippen LogP contribution in [0.1, 0.15) is 17.8 Å². The molecule has 1 fully saturated rings. The number of aromatic nitrogens is 2. The number of hydrogen-bond donors (Lipinski definition) is 1. The summed E-state index contributed by atoms with van der Waals surface area (Å²) in [4.78, 5) is 11.3. The highest BCUT2D eigenvalue weighted by Gasteiger charge is 2.25. The second kappa shape index (κ2) is 12.8. The van der Waals surface area contributed by atoms with E-state index in [9.17, 15) is 0 Å². The predicted molar refractivity (Wildman–Crippen MR) is 126 cm³/mol. The van der Waals surface area contributed by atoms with E-state index in [-0.39, 0.29) is 24.0 Å². The number of hydrogen-bond acceptors (Lipinski definition) is 4. The third-order valence-electron chi connectivity index (χ3n) is 4.98. The largest absolute Gasteiger partial charge is 0.382 e. The minimum absolute atomic E-state index is 0. The summed E-state index contributed by atoms with van der Waals surface area (Å²) in [6.45, 7) is 5.51. The fourth-order valence-corrected chi connectivity index (χ4v) is 3.48. The second-order valence-corrected chi connectivity index (χ2v) is 7.03. The van der Waals surface area contributed by atoms with E-state index in [4.69, 9.17) is 9.47 Å². The van der Waals surface area contributed by atoms with Crippen molar-refractivity contribution in [3.8, 4) is 0 Å². The van der Waals surface area contributed by atoms with E-state index >= 15 is 0 Å². The van der Waals surface area contributed by atoms with Gasteiger partial charge in [-0.05, 0) is 12.0 Å². The van der Waals surface area contributed by atoms with E-state index in [1.54, 1.807) is 7.11 Å². The highest BCUT2D eigenvalue weighted by Crippen LogP contribution is 2.16. The first-order valence-electron chi connectivity index (χ1n) is 9.86. The lowest BCUT2D eigenvalue weighted by molar-refractivity contribution is 0.0536. The van der Waals surface area contributed by atoms with Gasteiger partial charge in [0.2, 0.25) is 0 Å². The molecule has 0 aliphatic carbocycles. The van der Waals surface area contributed by atoms with E-state index < -0.39 is 0 Å². The van der Waals surface area contributed by atoms with Gasteiger partial charge in [0.05, 0.1) is 26.4 Å². The van der Waals surface area contributed by atoms with Crippen molar-refractivity contribution in [2.45, 2.75) is 19.5 Å². The van der Waals surface area contributed by atoms with Gasteiger partial charge in [0.1, 0.15) is 5.82 Å². The van der Waals surface area contributed by atoms with Crippen LogP contribution in [0.3, 0.4) is 0 Å². The molecule has 0 radical (unpaired) electrons. The number of nitrogens with one attached hydrogen (secondary N) is 1. The number of methoxy groups -OCH3 is 1. The van der Waals surface area contributed by atoms with E-state index in [1.165, 1.54) is 5.56 Å². The Morgan fingerprint density at radius 1 is 1.28 bits per heavy atom. The molecule has 1 aromatic carbocycles. The Morgan fingerprint density at radius 2 is 2.10 bits per heavy atom. The van der Waals surface area contributed by atoms with Gasteiger partial charge in [0.25, 0.3) is 0 Å². The molecule has 0 saturated carbocycles. The number of nitrogens with zero attached hydrogens (tertiary/aromatic N) is 4. The number of guanidine groups is 1. The molecular formula is C21H32IN5O2. The summed E-state index contributed by atoms with van der Waals surface area (Å²) in [6.07, 6.45) is 5.00. The van der Waals surface area contributed by atoms with Gasteiger partial charge in [-0.25, -0.2) is 4.98 Å². The van der Waals surface area contributed by atoms with E-state index in [2.05, 4.69) is 49.0 Å². The Hall–Kier alpha value is -1.65. The van der Waals surface area contributed by atoms with Gasteiger partial charge in [0, 0.05) is 52.1 Å². The Labute approximate surface area is 190 Å². The Balaban J connectivity index is 0.00000300. The Kier molecular flexibility index (Phi) is 10.4. The highest BCUT2D eigenvalue weighted by atomic mass is 127. The zero-order valence-corrected chi connectivity index (χ0v) is 19.6. The SMILES string of the molecule is CN=C(NCc1nccn1Cc1ccccc1)N1CCC(COCCOC)C1.I. The van der Waals surface area contributed by atoms with Crippen LogP contribution in [0.15, 0.2) is 47.7 Å². The first kappa shape index (κ1) is 23.6. The van der Waals surface area contributed by atoms with Crippen LogP contribution >= 0.6 is 24.0 Å². The lowest BCUT2D eigenvalue weighted by atomic mass is 10.1. The number of rotatable bonds is 9. The molecule has 1 unspecified atom stereocenters. The summed E-state index contributed by atoms with van der Waals surface area (Å²) < 4.78 is 12.9. The third-order valence-corrected chi connectivity index (χ3v) is 4.98. The van der Waals surface area contributed by atoms with Crippen molar-refractivity contribution < 1.29 is 9.47 Å². The molecule has 8 heteroatoms. The van der Waals surface area contributed by atoms with Crippen molar-refractivity contribution in [3.05, 3.63) is 54.1 Å². The maximum atomic E-state index is 5.69. The van der Waals surface area contributed by atoms with Crippen LogP contribution in [0.4, 0.5) is 0 Å². The molecule has 0 spiro atoms. The van der Waals surface area contributed by atoms with Crippen molar-refractivity contribution in [2.24, 2.45) is 10.9 Å². The molecule has 1 saturated heterocycles. The van der Waals surface area contributed by atoms with Crippen molar-refractivity contribution in [1.29, 1.82) is 0 Å². The van der Waals surface area contributed by atoms with Crippen LogP contribution in [0, 0.1) is 5.92 Å². The van der Waals surface area contributed by atoms with Gasteiger partial charge < -0.3 is 24.3 Å². The fourth-order valence-electron chi connectivity index (χ4n) is 3.48. The zero-order valence-electron chi connectivity index (χ0n) is 17.3. The van der Waals surface area contributed by atoms with E-state index in [0.717, 1.165) is 44.4 Å². The molecule has 2 heterocycles. The topological polar surface area (TPSA) is 63.9 Å². The molecule has 1 aromatic heterocycles. The third kappa shape index (κ3) is 7.27. The first-order valence-corrected chi connectivity index (χ1v) is 9.86. The second-order valence-electron chi connectivity index (χ2n) is 7.03. The summed E-state index contributed by atoms with van der Waals surface area (Å²) in [5.41, 5.74) is 1.27. The summed E-state index contributed by atoms with van der Waals surface area (Å²) in [6, 6.07) is 10.4. The van der Waals surface area contributed by atoms with Crippen molar-refractivity contribution in [3.63, 3.8) is 0 Å². The number of benzene rings is 1. The fraction of sp³-hybridized carbons (Fsp3) is 0.524. The van der Waals surface area contributed by atoms with Crippen molar-refractivity contribution in [1.82, 2.24) is 19.8 Å². The minimum Gasteiger partial charge on any atom is -0.382 e. The van der Waals surface area contributed by atoms with Gasteiger partial charge in [-0.2, -0.15) is 0 Å². The summed E-state index contributed by atoms with van der Waals surface area (Å²) >= 11 is 0. The van der Waals surface area contributed by atoms with Gasteiger partial charge in [-0.15, -0.1) is 24.0 Å². The number of likely N-dealkylation sites (tertiary alicyclic amines) is 1. The molecule has 1 N–H and O–H groups in total. The van der Waals surface area contributed by atoms with Crippen LogP contribution in [0.5, 0.6) is 0 Å². The van der Waals surface area contributed by atoms with Crippen molar-refractivity contribution >= 4 is 29.9 Å². The number of imidazole rings is 1. The zero-order chi connectivity index (χ0) is 19.6. The predicted octanol–water partition coefficient (Wildman–Crippen LogP) is 2.61. The average Bonchev–Trinajstić information content (AvgIpc) is 3.37. The minimum atomic E-state index is 0. The highest BCUT2D eigenvalue weighted by molar-refractivity contribution is 14.0. The molecule has 7 nitrogen and oxygen atoms in total. The van der Waals surface area contributed by atoms with E-state index in [1.807, 2.05) is 25.5 Å². The smallest absolute Gasteiger partial charge is 0.194 e. The lowest BCUT2D eigenvalue weighted by Gasteiger charge is -2.22. The molecule has 2 aromatic rings. The van der Waals surface area contributed by atoms with Crippen LogP contribution in [-0.4, -0.2) is 67.5 Å². The number of halogens is 1. The molecule has 160 valence electrons. The quantitative estimate of drug-likeness (QED) is 0.242. The number of aliphatic imine (C=N–C) groups is 1. The molecule has 1 atom stereocenters. The Bertz CT molecular complexity index is 738. The van der Waals surface area contributed by atoms with Gasteiger partial charge in [-0.3, -0.25) is 4.99 Å².